The Balaban J connectivity index is 1.57. The lowest BCUT2D eigenvalue weighted by molar-refractivity contribution is -0.131. The van der Waals surface area contributed by atoms with Crippen molar-refractivity contribution in [2.75, 3.05) is 13.1 Å². The van der Waals surface area contributed by atoms with Crippen LogP contribution < -0.4 is 5.32 Å². The second-order valence-corrected chi connectivity index (χ2v) is 6.77. The Morgan fingerprint density at radius 2 is 2.00 bits per heavy atom. The molecule has 20 heavy (non-hydrogen) atoms. The van der Waals surface area contributed by atoms with E-state index in [0.29, 0.717) is 12.6 Å². The highest BCUT2D eigenvalue weighted by molar-refractivity contribution is 9.10. The zero-order valence-electron chi connectivity index (χ0n) is 11.6. The largest absolute Gasteiger partial charge is 0.334 e. The third-order valence-corrected chi connectivity index (χ3v) is 4.79. The molecule has 3 nitrogen and oxygen atoms in total. The second kappa shape index (κ2) is 6.27. The first kappa shape index (κ1) is 14.1. The molecule has 0 unspecified atom stereocenters. The predicted octanol–water partition coefficient (Wildman–Crippen LogP) is 2.94. The van der Waals surface area contributed by atoms with Crippen LogP contribution in [-0.4, -0.2) is 29.9 Å². The summed E-state index contributed by atoms with van der Waals surface area (Å²) in [4.78, 5) is 14.4. The van der Waals surface area contributed by atoms with Crippen molar-refractivity contribution in [3.8, 4) is 0 Å². The van der Waals surface area contributed by atoms with Crippen molar-refractivity contribution < 1.29 is 4.79 Å². The third kappa shape index (κ3) is 3.83. The first-order valence-electron chi connectivity index (χ1n) is 7.47. The summed E-state index contributed by atoms with van der Waals surface area (Å²) in [6.07, 6.45) is 4.95. The van der Waals surface area contributed by atoms with Gasteiger partial charge in [0.1, 0.15) is 0 Å². The molecule has 2 saturated carbocycles. The highest BCUT2D eigenvalue weighted by Gasteiger charge is 2.32. The van der Waals surface area contributed by atoms with E-state index in [0.717, 1.165) is 36.3 Å². The smallest absolute Gasteiger partial charge is 0.237 e. The van der Waals surface area contributed by atoms with Crippen LogP contribution in [0.4, 0.5) is 0 Å². The Labute approximate surface area is 128 Å². The maximum Gasteiger partial charge on any atom is 0.237 e. The summed E-state index contributed by atoms with van der Waals surface area (Å²) >= 11 is 3.57. The Morgan fingerprint density at radius 3 is 2.65 bits per heavy atom. The summed E-state index contributed by atoms with van der Waals surface area (Å²) in [6, 6.07) is 8.62. The lowest BCUT2D eigenvalue weighted by atomic mass is 10.2. The van der Waals surface area contributed by atoms with Gasteiger partial charge in [0.25, 0.3) is 0 Å². The van der Waals surface area contributed by atoms with Crippen LogP contribution in [0.5, 0.6) is 0 Å². The molecule has 0 radical (unpaired) electrons. The number of hydrogen-bond acceptors (Lipinski definition) is 2. The summed E-state index contributed by atoms with van der Waals surface area (Å²) in [6.45, 7) is 2.20. The minimum atomic E-state index is 0.240. The fourth-order valence-corrected chi connectivity index (χ4v) is 2.83. The maximum atomic E-state index is 12.4. The quantitative estimate of drug-likeness (QED) is 0.830. The Bertz CT molecular complexity index is 483. The molecule has 1 N–H and O–H groups in total. The van der Waals surface area contributed by atoms with Gasteiger partial charge in [-0.2, -0.15) is 0 Å². The van der Waals surface area contributed by atoms with E-state index in [4.69, 9.17) is 0 Å². The van der Waals surface area contributed by atoms with Crippen LogP contribution >= 0.6 is 15.9 Å². The van der Waals surface area contributed by atoms with Crippen LogP contribution in [0.1, 0.15) is 31.2 Å². The predicted molar refractivity (Wildman–Crippen MR) is 83.3 cm³/mol. The van der Waals surface area contributed by atoms with Crippen LogP contribution in [-0.2, 0) is 11.3 Å². The molecule has 4 heteroatoms. The normalized spacial score (nSPS) is 18.1. The monoisotopic (exact) mass is 336 g/mol. The molecule has 0 heterocycles. The van der Waals surface area contributed by atoms with E-state index in [1.807, 2.05) is 23.1 Å². The van der Waals surface area contributed by atoms with Gasteiger partial charge in [-0.05, 0) is 49.8 Å². The number of rotatable bonds is 7. The SMILES string of the molecule is O=C(CNCC1CC1)N(Cc1ccccc1Br)C1CC1. The van der Waals surface area contributed by atoms with Gasteiger partial charge in [-0.25, -0.2) is 0 Å². The van der Waals surface area contributed by atoms with Crippen molar-refractivity contribution in [2.24, 2.45) is 5.92 Å². The number of halogens is 1. The average molecular weight is 337 g/mol. The van der Waals surface area contributed by atoms with Crippen molar-refractivity contribution in [2.45, 2.75) is 38.3 Å². The van der Waals surface area contributed by atoms with E-state index in [1.54, 1.807) is 0 Å². The van der Waals surface area contributed by atoms with E-state index < -0.39 is 0 Å². The van der Waals surface area contributed by atoms with Crippen molar-refractivity contribution >= 4 is 21.8 Å². The number of nitrogens with zero attached hydrogens (tertiary/aromatic N) is 1. The zero-order valence-corrected chi connectivity index (χ0v) is 13.2. The van der Waals surface area contributed by atoms with Crippen LogP contribution in [0.25, 0.3) is 0 Å². The third-order valence-electron chi connectivity index (χ3n) is 4.01. The molecule has 0 aromatic heterocycles. The van der Waals surface area contributed by atoms with Crippen molar-refractivity contribution in [1.29, 1.82) is 0 Å². The Hall–Kier alpha value is -0.870. The van der Waals surface area contributed by atoms with Crippen LogP contribution in [0, 0.1) is 5.92 Å². The highest BCUT2D eigenvalue weighted by Crippen LogP contribution is 2.30. The van der Waals surface area contributed by atoms with Gasteiger partial charge in [0, 0.05) is 17.1 Å². The molecule has 2 aliphatic rings. The van der Waals surface area contributed by atoms with E-state index in [9.17, 15) is 4.79 Å². The molecule has 0 bridgehead atoms. The zero-order chi connectivity index (χ0) is 13.9. The molecule has 1 aromatic carbocycles. The number of amides is 1. The molecule has 2 fully saturated rings. The number of carbonyl (C=O) groups excluding carboxylic acids is 1. The summed E-state index contributed by atoms with van der Waals surface area (Å²) in [5, 5.41) is 3.31. The van der Waals surface area contributed by atoms with E-state index in [1.165, 1.54) is 18.4 Å². The topological polar surface area (TPSA) is 32.3 Å². The van der Waals surface area contributed by atoms with Gasteiger partial charge >= 0.3 is 0 Å². The van der Waals surface area contributed by atoms with Crippen LogP contribution in [0.15, 0.2) is 28.7 Å². The van der Waals surface area contributed by atoms with Gasteiger partial charge in [0.05, 0.1) is 6.54 Å². The summed E-state index contributed by atoms with van der Waals surface area (Å²) in [5.41, 5.74) is 1.19. The van der Waals surface area contributed by atoms with E-state index in [-0.39, 0.29) is 5.91 Å². The second-order valence-electron chi connectivity index (χ2n) is 5.92. The molecular formula is C16H21BrN2O. The molecule has 1 aromatic rings. The first-order chi connectivity index (χ1) is 9.74. The highest BCUT2D eigenvalue weighted by atomic mass is 79.9. The van der Waals surface area contributed by atoms with Gasteiger partial charge in [-0.1, -0.05) is 34.1 Å². The average Bonchev–Trinajstić information content (AvgIpc) is 3.31. The van der Waals surface area contributed by atoms with Crippen molar-refractivity contribution in [1.82, 2.24) is 10.2 Å². The molecule has 0 spiro atoms. The number of nitrogens with one attached hydrogen (secondary N) is 1. The number of hydrogen-bond donors (Lipinski definition) is 1. The summed E-state index contributed by atoms with van der Waals surface area (Å²) < 4.78 is 1.09. The number of benzene rings is 1. The van der Waals surface area contributed by atoms with E-state index >= 15 is 0 Å². The number of carbonyl (C=O) groups is 1. The molecule has 108 valence electrons. The van der Waals surface area contributed by atoms with Crippen molar-refractivity contribution in [3.63, 3.8) is 0 Å². The first-order valence-corrected chi connectivity index (χ1v) is 8.27. The lowest BCUT2D eigenvalue weighted by Crippen LogP contribution is -2.39. The van der Waals surface area contributed by atoms with Gasteiger partial charge < -0.3 is 10.2 Å². The molecular weight excluding hydrogens is 316 g/mol. The summed E-state index contributed by atoms with van der Waals surface area (Å²) in [5.74, 6) is 1.06. The summed E-state index contributed by atoms with van der Waals surface area (Å²) in [7, 11) is 0. The van der Waals surface area contributed by atoms with Crippen LogP contribution in [0.2, 0.25) is 0 Å². The minimum Gasteiger partial charge on any atom is -0.334 e. The fraction of sp³-hybridized carbons (Fsp3) is 0.562. The standard InChI is InChI=1S/C16H21BrN2O/c17-15-4-2-1-3-13(15)11-19(14-7-8-14)16(20)10-18-9-12-5-6-12/h1-4,12,14,18H,5-11H2. The van der Waals surface area contributed by atoms with Gasteiger partial charge in [0.15, 0.2) is 0 Å². The molecule has 3 rings (SSSR count). The van der Waals surface area contributed by atoms with Crippen LogP contribution in [0.3, 0.4) is 0 Å². The van der Waals surface area contributed by atoms with Gasteiger partial charge in [-0.15, -0.1) is 0 Å². The molecule has 0 aliphatic heterocycles. The fourth-order valence-electron chi connectivity index (χ4n) is 2.42. The van der Waals surface area contributed by atoms with Gasteiger partial charge in [0.2, 0.25) is 5.91 Å². The Kier molecular flexibility index (Phi) is 4.41. The van der Waals surface area contributed by atoms with Gasteiger partial charge in [-0.3, -0.25) is 4.79 Å². The Morgan fingerprint density at radius 1 is 1.25 bits per heavy atom. The maximum absolute atomic E-state index is 12.4. The van der Waals surface area contributed by atoms with Crippen molar-refractivity contribution in [3.05, 3.63) is 34.3 Å². The lowest BCUT2D eigenvalue weighted by Gasteiger charge is -2.23. The molecule has 2 aliphatic carbocycles. The van der Waals surface area contributed by atoms with E-state index in [2.05, 4.69) is 27.3 Å². The molecule has 0 saturated heterocycles. The minimum absolute atomic E-state index is 0.240. The molecule has 1 amide bonds. The molecule has 0 atom stereocenters.